The zero-order valence-corrected chi connectivity index (χ0v) is 18.5. The van der Waals surface area contributed by atoms with Crippen LogP contribution in [0.2, 0.25) is 10.0 Å². The molecule has 152 valence electrons. The number of nitrogens with zero attached hydrogens (tertiary/aromatic N) is 2. The Morgan fingerprint density at radius 1 is 1.21 bits per heavy atom. The fraction of sp³-hybridized carbons (Fsp3) is 0.273. The molecule has 29 heavy (non-hydrogen) atoms. The van der Waals surface area contributed by atoms with Crippen molar-refractivity contribution in [2.24, 2.45) is 4.99 Å². The van der Waals surface area contributed by atoms with Crippen LogP contribution in [0.5, 0.6) is 5.75 Å². The highest BCUT2D eigenvalue weighted by Crippen LogP contribution is 2.32. The van der Waals surface area contributed by atoms with Crippen LogP contribution in [-0.2, 0) is 6.54 Å². The summed E-state index contributed by atoms with van der Waals surface area (Å²) < 4.78 is 8.45. The summed E-state index contributed by atoms with van der Waals surface area (Å²) in [7, 11) is 0. The molecular formula is C22H22Cl2N2O2S. The van der Waals surface area contributed by atoms with Crippen LogP contribution in [0.4, 0.5) is 0 Å². The van der Waals surface area contributed by atoms with Crippen molar-refractivity contribution >= 4 is 50.7 Å². The first kappa shape index (κ1) is 21.6. The standard InChI is InChI=1S/C22H22Cl2N2O2S/c1-3-5-6-14-28-16-9-7-15(8-10-16)21(27)25-22-26(13-4-2)20-18(29-22)12-11-17(23)19(20)24/h4,7-12H,2-3,5-6,13-14H2,1H3. The molecule has 0 fully saturated rings. The number of allylic oxidation sites excluding steroid dienone is 1. The number of benzene rings is 2. The first-order valence-corrected chi connectivity index (χ1v) is 11.0. The van der Waals surface area contributed by atoms with Crippen molar-refractivity contribution in [3.63, 3.8) is 0 Å². The van der Waals surface area contributed by atoms with Gasteiger partial charge in [-0.25, -0.2) is 0 Å². The Bertz CT molecular complexity index is 1080. The second-order valence-electron chi connectivity index (χ2n) is 6.49. The Morgan fingerprint density at radius 2 is 1.97 bits per heavy atom. The summed E-state index contributed by atoms with van der Waals surface area (Å²) >= 11 is 13.9. The summed E-state index contributed by atoms with van der Waals surface area (Å²) in [5.74, 6) is 0.428. The van der Waals surface area contributed by atoms with Crippen LogP contribution in [0.3, 0.4) is 0 Å². The number of hydrogen-bond acceptors (Lipinski definition) is 3. The van der Waals surface area contributed by atoms with E-state index in [1.54, 1.807) is 36.4 Å². The molecule has 0 aliphatic heterocycles. The van der Waals surface area contributed by atoms with Crippen molar-refractivity contribution in [2.45, 2.75) is 32.7 Å². The van der Waals surface area contributed by atoms with Crippen LogP contribution in [0, 0.1) is 0 Å². The third-order valence-electron chi connectivity index (χ3n) is 4.36. The number of halogens is 2. The molecule has 0 spiro atoms. The number of amides is 1. The zero-order chi connectivity index (χ0) is 20.8. The van der Waals surface area contributed by atoms with Gasteiger partial charge in [-0.2, -0.15) is 4.99 Å². The average Bonchev–Trinajstić information content (AvgIpc) is 3.06. The lowest BCUT2D eigenvalue weighted by molar-refractivity contribution is 0.0998. The third-order valence-corrected chi connectivity index (χ3v) is 6.20. The largest absolute Gasteiger partial charge is 0.494 e. The lowest BCUT2D eigenvalue weighted by atomic mass is 10.2. The number of hydrogen-bond donors (Lipinski definition) is 0. The fourth-order valence-corrected chi connectivity index (χ4v) is 4.40. The Kier molecular flexibility index (Phi) is 7.53. The first-order chi connectivity index (χ1) is 14.0. The van der Waals surface area contributed by atoms with Gasteiger partial charge in [-0.05, 0) is 42.8 Å². The average molecular weight is 449 g/mol. The monoisotopic (exact) mass is 448 g/mol. The second kappa shape index (κ2) is 10.1. The van der Waals surface area contributed by atoms with E-state index in [-0.39, 0.29) is 5.91 Å². The summed E-state index contributed by atoms with van der Waals surface area (Å²) in [5, 5.41) is 0.905. The number of fused-ring (bicyclic) bond motifs is 1. The van der Waals surface area contributed by atoms with E-state index in [2.05, 4.69) is 18.5 Å². The third kappa shape index (κ3) is 5.10. The van der Waals surface area contributed by atoms with E-state index in [1.807, 2.05) is 10.6 Å². The molecule has 0 radical (unpaired) electrons. The maximum Gasteiger partial charge on any atom is 0.279 e. The molecule has 2 aromatic carbocycles. The van der Waals surface area contributed by atoms with Crippen LogP contribution in [0.1, 0.15) is 36.5 Å². The van der Waals surface area contributed by atoms with E-state index < -0.39 is 0 Å². The maximum absolute atomic E-state index is 12.7. The summed E-state index contributed by atoms with van der Waals surface area (Å²) in [4.78, 5) is 17.6. The van der Waals surface area contributed by atoms with E-state index in [0.29, 0.717) is 33.6 Å². The van der Waals surface area contributed by atoms with Gasteiger partial charge in [-0.3, -0.25) is 4.79 Å². The Balaban J connectivity index is 1.88. The van der Waals surface area contributed by atoms with Gasteiger partial charge in [-0.1, -0.05) is 60.4 Å². The van der Waals surface area contributed by atoms with Gasteiger partial charge >= 0.3 is 0 Å². The quantitative estimate of drug-likeness (QED) is 0.291. The molecule has 1 heterocycles. The number of thiazole rings is 1. The molecular weight excluding hydrogens is 427 g/mol. The van der Waals surface area contributed by atoms with Crippen molar-refractivity contribution in [3.05, 3.63) is 69.5 Å². The van der Waals surface area contributed by atoms with E-state index >= 15 is 0 Å². The van der Waals surface area contributed by atoms with Crippen molar-refractivity contribution in [3.8, 4) is 5.75 Å². The van der Waals surface area contributed by atoms with Gasteiger partial charge in [0.15, 0.2) is 4.80 Å². The first-order valence-electron chi connectivity index (χ1n) is 9.45. The highest BCUT2D eigenvalue weighted by molar-refractivity contribution is 7.16. The molecule has 0 saturated carbocycles. The molecule has 0 unspecified atom stereocenters. The molecule has 0 bridgehead atoms. The van der Waals surface area contributed by atoms with Gasteiger partial charge in [0.1, 0.15) is 5.75 Å². The lowest BCUT2D eigenvalue weighted by Gasteiger charge is -2.06. The highest BCUT2D eigenvalue weighted by atomic mass is 35.5. The van der Waals surface area contributed by atoms with Crippen LogP contribution >= 0.6 is 34.5 Å². The number of rotatable bonds is 8. The predicted octanol–water partition coefficient (Wildman–Crippen LogP) is 6.51. The van der Waals surface area contributed by atoms with E-state index in [1.165, 1.54) is 11.3 Å². The van der Waals surface area contributed by atoms with Gasteiger partial charge in [0.25, 0.3) is 5.91 Å². The number of ether oxygens (including phenoxy) is 1. The minimum absolute atomic E-state index is 0.325. The van der Waals surface area contributed by atoms with Gasteiger partial charge in [0.05, 0.1) is 26.9 Å². The minimum Gasteiger partial charge on any atom is -0.494 e. The normalized spacial score (nSPS) is 11.8. The molecule has 3 aromatic rings. The van der Waals surface area contributed by atoms with Crippen molar-refractivity contribution < 1.29 is 9.53 Å². The van der Waals surface area contributed by atoms with Gasteiger partial charge < -0.3 is 9.30 Å². The maximum atomic E-state index is 12.7. The van der Waals surface area contributed by atoms with Crippen LogP contribution in [-0.4, -0.2) is 17.1 Å². The SMILES string of the molecule is C=CCn1c(=NC(=O)c2ccc(OCCCCC)cc2)sc2ccc(Cl)c(Cl)c21. The van der Waals surface area contributed by atoms with Gasteiger partial charge in [-0.15, -0.1) is 6.58 Å². The molecule has 0 N–H and O–H groups in total. The predicted molar refractivity (Wildman–Crippen MR) is 121 cm³/mol. The highest BCUT2D eigenvalue weighted by Gasteiger charge is 2.13. The van der Waals surface area contributed by atoms with E-state index in [4.69, 9.17) is 27.9 Å². The molecule has 0 aliphatic carbocycles. The summed E-state index contributed by atoms with van der Waals surface area (Å²) in [6.07, 6.45) is 5.05. The Labute approximate surface area is 184 Å². The molecule has 7 heteroatoms. The molecule has 1 amide bonds. The second-order valence-corrected chi connectivity index (χ2v) is 8.28. The van der Waals surface area contributed by atoms with E-state index in [0.717, 1.165) is 35.2 Å². The number of carbonyl (C=O) groups excluding carboxylic acids is 1. The summed E-state index contributed by atoms with van der Waals surface area (Å²) in [5.41, 5.74) is 1.25. The van der Waals surface area contributed by atoms with Crippen molar-refractivity contribution in [1.29, 1.82) is 0 Å². The van der Waals surface area contributed by atoms with Gasteiger partial charge in [0.2, 0.25) is 0 Å². The number of unbranched alkanes of at least 4 members (excludes halogenated alkanes) is 2. The van der Waals surface area contributed by atoms with Crippen LogP contribution < -0.4 is 9.54 Å². The molecule has 0 saturated heterocycles. The van der Waals surface area contributed by atoms with Crippen molar-refractivity contribution in [1.82, 2.24) is 4.57 Å². The van der Waals surface area contributed by atoms with Gasteiger partial charge in [0, 0.05) is 12.1 Å². The number of aromatic nitrogens is 1. The number of carbonyl (C=O) groups is 1. The minimum atomic E-state index is -0.325. The molecule has 3 rings (SSSR count). The van der Waals surface area contributed by atoms with Crippen LogP contribution in [0.25, 0.3) is 10.2 Å². The van der Waals surface area contributed by atoms with E-state index in [9.17, 15) is 4.79 Å². The molecule has 1 aromatic heterocycles. The zero-order valence-electron chi connectivity index (χ0n) is 16.2. The molecule has 4 nitrogen and oxygen atoms in total. The molecule has 0 atom stereocenters. The Morgan fingerprint density at radius 3 is 2.66 bits per heavy atom. The Hall–Kier alpha value is -2.08. The summed E-state index contributed by atoms with van der Waals surface area (Å²) in [6.45, 7) is 7.09. The van der Waals surface area contributed by atoms with Crippen molar-refractivity contribution in [2.75, 3.05) is 6.61 Å². The lowest BCUT2D eigenvalue weighted by Crippen LogP contribution is -2.16. The smallest absolute Gasteiger partial charge is 0.279 e. The topological polar surface area (TPSA) is 43.6 Å². The fourth-order valence-electron chi connectivity index (χ4n) is 2.87. The summed E-state index contributed by atoms with van der Waals surface area (Å²) in [6, 6.07) is 10.7. The molecule has 0 aliphatic rings. The van der Waals surface area contributed by atoms with Crippen LogP contribution in [0.15, 0.2) is 54.0 Å².